The molecular weight excluding hydrogens is 156 g/mol. The van der Waals surface area contributed by atoms with Gasteiger partial charge in [-0.15, -0.1) is 0 Å². The molecule has 0 spiro atoms. The molecule has 1 radical (unpaired) electrons. The first-order valence-corrected chi connectivity index (χ1v) is 6.01. The third kappa shape index (κ3) is 1.10. The maximum atomic E-state index is 4.33. The molecule has 0 aliphatic heterocycles. The average Bonchev–Trinajstić information content (AvgIpc) is 2.00. The zero-order chi connectivity index (χ0) is 9.05. The molecule has 4 aliphatic carbocycles. The molecule has 0 heterocycles. The zero-order valence-electron chi connectivity index (χ0n) is 8.76. The van der Waals surface area contributed by atoms with Gasteiger partial charge in [0.05, 0.1) is 0 Å². The Morgan fingerprint density at radius 2 is 1.38 bits per heavy atom. The van der Waals surface area contributed by atoms with E-state index in [-0.39, 0.29) is 0 Å². The first-order chi connectivity index (χ1) is 6.18. The van der Waals surface area contributed by atoms with Gasteiger partial charge in [-0.25, -0.2) is 0 Å². The summed E-state index contributed by atoms with van der Waals surface area (Å²) in [5.41, 5.74) is 0.689. The van der Waals surface area contributed by atoms with E-state index in [4.69, 9.17) is 0 Å². The number of hydrogen-bond acceptors (Lipinski definition) is 0. The second kappa shape index (κ2) is 2.52. The second-order valence-electron chi connectivity index (χ2n) is 6.18. The SMILES string of the molecule is [CH2]C(C)C12CC3CC(CC(C3)C1)C2. The molecule has 4 aliphatic rings. The average molecular weight is 177 g/mol. The number of rotatable bonds is 1. The summed E-state index contributed by atoms with van der Waals surface area (Å²) in [6.07, 6.45) is 9.24. The lowest BCUT2D eigenvalue weighted by molar-refractivity contribution is -0.0733. The van der Waals surface area contributed by atoms with Crippen molar-refractivity contribution in [3.05, 3.63) is 6.92 Å². The fourth-order valence-corrected chi connectivity index (χ4v) is 4.78. The molecule has 0 aromatic carbocycles. The van der Waals surface area contributed by atoms with Crippen molar-refractivity contribution in [2.45, 2.75) is 45.4 Å². The Labute approximate surface area is 82.1 Å². The zero-order valence-corrected chi connectivity index (χ0v) is 8.76. The van der Waals surface area contributed by atoms with Gasteiger partial charge in [0.2, 0.25) is 0 Å². The van der Waals surface area contributed by atoms with Crippen molar-refractivity contribution in [1.29, 1.82) is 0 Å². The van der Waals surface area contributed by atoms with Crippen LogP contribution in [0.25, 0.3) is 0 Å². The van der Waals surface area contributed by atoms with E-state index in [1.165, 1.54) is 19.3 Å². The second-order valence-corrected chi connectivity index (χ2v) is 6.18. The Bertz CT molecular complexity index is 179. The van der Waals surface area contributed by atoms with Crippen LogP contribution in [-0.4, -0.2) is 0 Å². The fraction of sp³-hybridized carbons (Fsp3) is 0.923. The fourth-order valence-electron chi connectivity index (χ4n) is 4.78. The predicted molar refractivity (Wildman–Crippen MR) is 55.1 cm³/mol. The quantitative estimate of drug-likeness (QED) is 0.573. The van der Waals surface area contributed by atoms with Crippen LogP contribution in [0.15, 0.2) is 0 Å². The van der Waals surface area contributed by atoms with Crippen molar-refractivity contribution in [3.8, 4) is 0 Å². The van der Waals surface area contributed by atoms with E-state index in [1.54, 1.807) is 19.3 Å². The molecule has 0 N–H and O–H groups in total. The van der Waals surface area contributed by atoms with Crippen LogP contribution in [-0.2, 0) is 0 Å². The maximum Gasteiger partial charge on any atom is -0.0264 e. The summed E-state index contributed by atoms with van der Waals surface area (Å²) in [6, 6.07) is 0. The van der Waals surface area contributed by atoms with E-state index < -0.39 is 0 Å². The summed E-state index contributed by atoms with van der Waals surface area (Å²) in [5, 5.41) is 0. The van der Waals surface area contributed by atoms with Crippen LogP contribution in [0.4, 0.5) is 0 Å². The molecule has 1 unspecified atom stereocenters. The van der Waals surface area contributed by atoms with Gasteiger partial charge in [0.25, 0.3) is 0 Å². The van der Waals surface area contributed by atoms with Gasteiger partial charge in [0, 0.05) is 0 Å². The summed E-state index contributed by atoms with van der Waals surface area (Å²) >= 11 is 0. The summed E-state index contributed by atoms with van der Waals surface area (Å²) in [5.74, 6) is 3.97. The van der Waals surface area contributed by atoms with Crippen LogP contribution in [0.5, 0.6) is 0 Å². The van der Waals surface area contributed by atoms with Crippen LogP contribution in [0.2, 0.25) is 0 Å². The van der Waals surface area contributed by atoms with Crippen molar-refractivity contribution in [3.63, 3.8) is 0 Å². The lowest BCUT2D eigenvalue weighted by Crippen LogP contribution is -2.48. The third-order valence-corrected chi connectivity index (χ3v) is 5.13. The first kappa shape index (κ1) is 8.32. The smallest absolute Gasteiger partial charge is 0.0264 e. The van der Waals surface area contributed by atoms with Gasteiger partial charge in [-0.2, -0.15) is 0 Å². The molecule has 4 saturated carbocycles. The highest BCUT2D eigenvalue weighted by atomic mass is 14.6. The molecule has 0 heteroatoms. The maximum absolute atomic E-state index is 4.33. The van der Waals surface area contributed by atoms with E-state index >= 15 is 0 Å². The summed E-state index contributed by atoms with van der Waals surface area (Å²) in [7, 11) is 0. The molecule has 0 nitrogen and oxygen atoms in total. The minimum absolute atomic E-state index is 0.689. The minimum Gasteiger partial charge on any atom is -0.0620 e. The largest absolute Gasteiger partial charge is 0.0620 e. The monoisotopic (exact) mass is 177 g/mol. The van der Waals surface area contributed by atoms with Crippen LogP contribution >= 0.6 is 0 Å². The van der Waals surface area contributed by atoms with E-state index in [2.05, 4.69) is 13.8 Å². The van der Waals surface area contributed by atoms with Crippen molar-refractivity contribution in [1.82, 2.24) is 0 Å². The van der Waals surface area contributed by atoms with Gasteiger partial charge in [-0.05, 0) is 74.5 Å². The lowest BCUT2D eigenvalue weighted by atomic mass is 9.47. The summed E-state index contributed by atoms with van der Waals surface area (Å²) in [4.78, 5) is 0. The van der Waals surface area contributed by atoms with E-state index in [9.17, 15) is 0 Å². The number of hydrogen-bond donors (Lipinski definition) is 0. The van der Waals surface area contributed by atoms with Crippen molar-refractivity contribution in [2.75, 3.05) is 0 Å². The van der Waals surface area contributed by atoms with Crippen LogP contribution in [0.3, 0.4) is 0 Å². The Balaban J connectivity index is 1.91. The van der Waals surface area contributed by atoms with Crippen LogP contribution < -0.4 is 0 Å². The minimum atomic E-state index is 0.689. The topological polar surface area (TPSA) is 0 Å². The molecule has 0 saturated heterocycles. The van der Waals surface area contributed by atoms with Crippen LogP contribution in [0.1, 0.15) is 45.4 Å². The molecule has 0 amide bonds. The van der Waals surface area contributed by atoms with Crippen molar-refractivity contribution < 1.29 is 0 Å². The van der Waals surface area contributed by atoms with E-state index in [0.29, 0.717) is 11.3 Å². The third-order valence-electron chi connectivity index (χ3n) is 5.13. The normalized spacial score (nSPS) is 53.3. The van der Waals surface area contributed by atoms with Crippen molar-refractivity contribution in [2.24, 2.45) is 29.1 Å². The van der Waals surface area contributed by atoms with Crippen LogP contribution in [0, 0.1) is 36.0 Å². The van der Waals surface area contributed by atoms with Gasteiger partial charge in [0.15, 0.2) is 0 Å². The highest BCUT2D eigenvalue weighted by molar-refractivity contribution is 5.03. The molecule has 0 aromatic rings. The molecule has 4 bridgehead atoms. The Kier molecular flexibility index (Phi) is 1.61. The molecule has 1 atom stereocenters. The molecule has 13 heavy (non-hydrogen) atoms. The Hall–Kier alpha value is 0. The molecule has 73 valence electrons. The standard InChI is InChI=1S/C13H21/c1-9(2)13-6-10-3-11(7-13)5-12(4-10)8-13/h9-12H,1,3-8H2,2H3. The van der Waals surface area contributed by atoms with Gasteiger partial charge < -0.3 is 0 Å². The van der Waals surface area contributed by atoms with Gasteiger partial charge in [-0.1, -0.05) is 6.92 Å². The molecule has 4 rings (SSSR count). The predicted octanol–water partition coefficient (Wildman–Crippen LogP) is 3.67. The Morgan fingerprint density at radius 3 is 1.69 bits per heavy atom. The molecular formula is C13H21. The van der Waals surface area contributed by atoms with Gasteiger partial charge in [0.1, 0.15) is 0 Å². The van der Waals surface area contributed by atoms with E-state index in [1.807, 2.05) is 0 Å². The summed E-state index contributed by atoms with van der Waals surface area (Å²) in [6.45, 7) is 6.68. The highest BCUT2D eigenvalue weighted by Gasteiger charge is 2.51. The lowest BCUT2D eigenvalue weighted by Gasteiger charge is -2.58. The first-order valence-electron chi connectivity index (χ1n) is 6.01. The Morgan fingerprint density at radius 1 is 1.00 bits per heavy atom. The molecule has 0 aromatic heterocycles. The van der Waals surface area contributed by atoms with E-state index in [0.717, 1.165) is 17.8 Å². The summed E-state index contributed by atoms with van der Waals surface area (Å²) < 4.78 is 0. The van der Waals surface area contributed by atoms with Gasteiger partial charge >= 0.3 is 0 Å². The van der Waals surface area contributed by atoms with Gasteiger partial charge in [-0.3, -0.25) is 0 Å². The van der Waals surface area contributed by atoms with Crippen molar-refractivity contribution >= 4 is 0 Å². The highest BCUT2D eigenvalue weighted by Crippen LogP contribution is 2.62. The molecule has 4 fully saturated rings.